The van der Waals surface area contributed by atoms with Crippen molar-refractivity contribution >= 4 is 86.7 Å². The molecule has 0 radical (unpaired) electrons. The third-order valence-electron chi connectivity index (χ3n) is 6.47. The van der Waals surface area contributed by atoms with Gasteiger partial charge in [0, 0.05) is 66.6 Å². The summed E-state index contributed by atoms with van der Waals surface area (Å²) in [6, 6.07) is 3.27. The SMILES string of the molecule is C.C=S1N=C(OCC)C(OCC)=N1.CCOc1c(OCC)c(=O)c1=O.CNC(=O)CC(=O)NC.CNC(=O)c1ccc(C(=O)NC)s1.CNC(=S)NC.CNCCCC(=O)NC. The highest BCUT2D eigenvalue weighted by atomic mass is 32.2. The number of carbonyl (C=O) groups is 5. The molecule has 0 saturated heterocycles. The van der Waals surface area contributed by atoms with Crippen molar-refractivity contribution in [3.8, 4) is 11.5 Å². The van der Waals surface area contributed by atoms with Gasteiger partial charge in [0.2, 0.25) is 29.2 Å². The van der Waals surface area contributed by atoms with Crippen LogP contribution in [0.3, 0.4) is 0 Å². The van der Waals surface area contributed by atoms with E-state index >= 15 is 0 Å². The Bertz CT molecular complexity index is 1690. The Labute approximate surface area is 377 Å². The highest BCUT2D eigenvalue weighted by molar-refractivity contribution is 8.12. The number of hydrogen-bond acceptors (Lipinski definition) is 16. The molecule has 1 aromatic heterocycles. The minimum absolute atomic E-state index is 0. The van der Waals surface area contributed by atoms with Crippen molar-refractivity contribution in [2.45, 2.75) is 54.4 Å². The summed E-state index contributed by atoms with van der Waals surface area (Å²) in [6.45, 7) is 10.1. The van der Waals surface area contributed by atoms with Crippen molar-refractivity contribution in [3.63, 3.8) is 0 Å². The van der Waals surface area contributed by atoms with Gasteiger partial charge in [-0.05, 0) is 77.9 Å². The van der Waals surface area contributed by atoms with Crippen LogP contribution in [-0.2, 0) is 23.9 Å². The molecule has 1 aliphatic rings. The zero-order valence-corrected chi connectivity index (χ0v) is 39.6. The molecule has 21 nitrogen and oxygen atoms in total. The quantitative estimate of drug-likeness (QED) is 0.0566. The van der Waals surface area contributed by atoms with Gasteiger partial charge in [0.15, 0.2) is 5.11 Å². The van der Waals surface area contributed by atoms with E-state index in [1.54, 1.807) is 61.2 Å². The fraction of sp³-hybridized carbons (Fsp3) is 0.553. The Kier molecular flexibility index (Phi) is 40.4. The minimum Gasteiger partial charge on any atom is -0.486 e. The van der Waals surface area contributed by atoms with E-state index in [2.05, 4.69) is 69.4 Å². The van der Waals surface area contributed by atoms with Gasteiger partial charge in [0.05, 0.1) is 36.2 Å². The second-order valence-corrected chi connectivity index (χ2v) is 13.3. The second kappa shape index (κ2) is 39.7. The van der Waals surface area contributed by atoms with E-state index in [1.807, 2.05) is 20.9 Å². The number of nitrogens with one attached hydrogen (secondary N) is 8. The molecule has 62 heavy (non-hydrogen) atoms. The molecule has 8 N–H and O–H groups in total. The fourth-order valence-electron chi connectivity index (χ4n) is 3.47. The highest BCUT2D eigenvalue weighted by Crippen LogP contribution is 2.22. The first-order valence-corrected chi connectivity index (χ1v) is 21.3. The number of carbonyl (C=O) groups excluding carboxylic acids is 5. The predicted octanol–water partition coefficient (Wildman–Crippen LogP) is 0.895. The van der Waals surface area contributed by atoms with E-state index < -0.39 is 21.7 Å². The van der Waals surface area contributed by atoms with Crippen LogP contribution in [0, 0.1) is 0 Å². The van der Waals surface area contributed by atoms with Gasteiger partial charge in [-0.1, -0.05) is 7.43 Å². The van der Waals surface area contributed by atoms with Crippen LogP contribution in [-0.4, -0.2) is 142 Å². The summed E-state index contributed by atoms with van der Waals surface area (Å²) in [5.41, 5.74) is -1.17. The van der Waals surface area contributed by atoms with Crippen molar-refractivity contribution in [2.24, 2.45) is 8.80 Å². The summed E-state index contributed by atoms with van der Waals surface area (Å²) in [5.74, 6) is 4.05. The number of thiocarbonyl (C=S) groups is 1. The van der Waals surface area contributed by atoms with Crippen LogP contribution < -0.4 is 62.9 Å². The molecule has 2 aromatic rings. The van der Waals surface area contributed by atoms with Gasteiger partial charge < -0.3 is 61.5 Å². The molecule has 24 heteroatoms. The van der Waals surface area contributed by atoms with Crippen LogP contribution in [0.25, 0.3) is 0 Å². The van der Waals surface area contributed by atoms with Gasteiger partial charge in [-0.3, -0.25) is 33.6 Å². The number of amides is 5. The molecule has 0 spiro atoms. The van der Waals surface area contributed by atoms with Crippen LogP contribution >= 0.6 is 34.4 Å². The van der Waals surface area contributed by atoms with Crippen LogP contribution in [0.4, 0.5) is 0 Å². The smallest absolute Gasteiger partial charge is 0.286 e. The summed E-state index contributed by atoms with van der Waals surface area (Å²) in [7, 11) is 12.6. The lowest BCUT2D eigenvalue weighted by molar-refractivity contribution is -0.128. The third kappa shape index (κ3) is 28.1. The predicted molar refractivity (Wildman–Crippen MR) is 255 cm³/mol. The first-order valence-electron chi connectivity index (χ1n) is 18.8. The molecule has 2 heterocycles. The third-order valence-corrected chi connectivity index (χ3v) is 8.72. The first-order chi connectivity index (χ1) is 29.0. The Morgan fingerprint density at radius 1 is 0.629 bits per heavy atom. The van der Waals surface area contributed by atoms with E-state index in [0.29, 0.717) is 59.5 Å². The lowest BCUT2D eigenvalue weighted by Crippen LogP contribution is -2.34. The summed E-state index contributed by atoms with van der Waals surface area (Å²) in [4.78, 5) is 76.3. The number of thiophene rings is 1. The Morgan fingerprint density at radius 2 is 1.00 bits per heavy atom. The second-order valence-electron chi connectivity index (χ2n) is 10.7. The van der Waals surface area contributed by atoms with Crippen LogP contribution in [0.2, 0.25) is 0 Å². The van der Waals surface area contributed by atoms with Crippen molar-refractivity contribution < 1.29 is 42.9 Å². The van der Waals surface area contributed by atoms with E-state index in [-0.39, 0.29) is 54.9 Å². The minimum atomic E-state index is -0.583. The van der Waals surface area contributed by atoms with Crippen LogP contribution in [0.1, 0.15) is 73.7 Å². The number of hydrogen-bond donors (Lipinski definition) is 8. The number of ether oxygens (including phenoxy) is 4. The summed E-state index contributed by atoms with van der Waals surface area (Å²) < 4.78 is 28.3. The van der Waals surface area contributed by atoms with E-state index in [1.165, 1.54) is 25.4 Å². The van der Waals surface area contributed by atoms with Gasteiger partial charge in [-0.2, -0.15) is 8.80 Å². The molecule has 0 fully saturated rings. The summed E-state index contributed by atoms with van der Waals surface area (Å²) >= 11 is 5.81. The average molecular weight is 937 g/mol. The summed E-state index contributed by atoms with van der Waals surface area (Å²) in [6.07, 6.45) is 1.44. The van der Waals surface area contributed by atoms with E-state index in [9.17, 15) is 33.6 Å². The molecule has 0 aliphatic carbocycles. The molecular weight excluding hydrogens is 869 g/mol. The standard InChI is InChI=1S/C8H10N2O2S.C8H10O4.C7H12N2O2S.C6H14N2O.C5H10N2O2.C3H8N2S.CH4/c1-9-7(11)5-3-4-6(13-5)8(12)10-2;1-3-11-7-5(9)6(10)8(7)12-4-2;1-4-10-6-7(11-5-2)9-12(3)8-6;1-7-5-3-4-6(9)8-2;1-6-4(8)3-5(9)7-2;1-4-3(6)5-2;/h3-4H,1-2H3,(H,9,11)(H,10,12);3-4H2,1-2H3;3-5H2,1-2H3;7H,3-5H2,1-2H3,(H,8,9);3H2,1-2H3,(H,6,8)(H,7,9);1-2H3,(H2,4,5,6);1H4. The summed E-state index contributed by atoms with van der Waals surface area (Å²) in [5, 5.41) is 21.3. The van der Waals surface area contributed by atoms with Gasteiger partial charge in [-0.15, -0.1) is 11.3 Å². The molecule has 5 amide bonds. The fourth-order valence-corrected chi connectivity index (χ4v) is 5.05. The van der Waals surface area contributed by atoms with Crippen LogP contribution in [0.5, 0.6) is 11.5 Å². The molecule has 1 aliphatic heterocycles. The molecule has 0 unspecified atom stereocenters. The van der Waals surface area contributed by atoms with Gasteiger partial charge in [0.1, 0.15) is 6.42 Å². The number of nitrogens with zero attached hydrogens (tertiary/aromatic N) is 2. The maximum absolute atomic E-state index is 11.1. The Balaban J connectivity index is -0.000000330. The topological polar surface area (TPSA) is 277 Å². The average Bonchev–Trinajstić information content (AvgIpc) is 3.91. The Hall–Kier alpha value is -5.46. The lowest BCUT2D eigenvalue weighted by atomic mass is 10.2. The lowest BCUT2D eigenvalue weighted by Gasteiger charge is -2.10. The molecular formula is C38H68N10O11S3. The molecule has 0 atom stereocenters. The zero-order valence-electron chi connectivity index (χ0n) is 37.1. The number of rotatable bonds is 14. The van der Waals surface area contributed by atoms with E-state index in [0.717, 1.165) is 13.0 Å². The largest absolute Gasteiger partial charge is 0.486 e. The van der Waals surface area contributed by atoms with Gasteiger partial charge in [0.25, 0.3) is 34.5 Å². The van der Waals surface area contributed by atoms with Crippen LogP contribution in [0.15, 0.2) is 30.5 Å². The first kappa shape index (κ1) is 63.2. The van der Waals surface area contributed by atoms with Crippen molar-refractivity contribution in [1.82, 2.24) is 42.5 Å². The van der Waals surface area contributed by atoms with Gasteiger partial charge in [-0.25, -0.2) is 0 Å². The molecule has 0 saturated carbocycles. The molecule has 354 valence electrons. The van der Waals surface area contributed by atoms with Gasteiger partial charge >= 0.3 is 0 Å². The maximum atomic E-state index is 11.1. The Morgan fingerprint density at radius 3 is 1.27 bits per heavy atom. The highest BCUT2D eigenvalue weighted by Gasteiger charge is 2.23. The molecule has 3 rings (SSSR count). The molecule has 1 aromatic carbocycles. The van der Waals surface area contributed by atoms with Crippen molar-refractivity contribution in [2.75, 3.05) is 89.4 Å². The van der Waals surface area contributed by atoms with Crippen molar-refractivity contribution in [3.05, 3.63) is 42.3 Å². The van der Waals surface area contributed by atoms with E-state index in [4.69, 9.17) is 18.9 Å². The normalized spacial score (nSPS) is 10.5. The maximum Gasteiger partial charge on any atom is 0.286 e. The van der Waals surface area contributed by atoms with Crippen molar-refractivity contribution in [1.29, 1.82) is 0 Å². The monoisotopic (exact) mass is 936 g/mol. The zero-order chi connectivity index (χ0) is 47.3. The molecule has 0 bridgehead atoms.